The lowest BCUT2D eigenvalue weighted by Gasteiger charge is -2.17. The number of anilines is 4. The molecule has 0 spiro atoms. The molecule has 0 saturated heterocycles. The van der Waals surface area contributed by atoms with Crippen molar-refractivity contribution in [2.75, 3.05) is 17.3 Å². The third-order valence-corrected chi connectivity index (χ3v) is 8.96. The van der Waals surface area contributed by atoms with Gasteiger partial charge in [0.25, 0.3) is 0 Å². The van der Waals surface area contributed by atoms with E-state index in [1.807, 2.05) is 13.0 Å². The lowest BCUT2D eigenvalue weighted by Crippen LogP contribution is -2.11. The number of aromatic nitrogens is 2. The summed E-state index contributed by atoms with van der Waals surface area (Å²) < 4.78 is 93.8. The third kappa shape index (κ3) is 7.78. The molecule has 0 saturated carbocycles. The molecule has 2 heterocycles. The van der Waals surface area contributed by atoms with Crippen LogP contribution in [0.1, 0.15) is 16.7 Å². The normalized spacial score (nSPS) is 12.1. The Hall–Kier alpha value is -5.15. The molecule has 250 valence electrons. The fourth-order valence-corrected chi connectivity index (χ4v) is 6.27. The lowest BCUT2D eigenvalue weighted by atomic mass is 10.1. The van der Waals surface area contributed by atoms with E-state index in [1.165, 1.54) is 47.7 Å². The number of azo groups is 1. The quantitative estimate of drug-likeness (QED) is 0.126. The van der Waals surface area contributed by atoms with Crippen LogP contribution in [0.25, 0.3) is 22.5 Å². The Morgan fingerprint density at radius 3 is 2.02 bits per heavy atom. The number of rotatable bonds is 8. The van der Waals surface area contributed by atoms with Crippen LogP contribution in [0.15, 0.2) is 106 Å². The van der Waals surface area contributed by atoms with Gasteiger partial charge in [-0.1, -0.05) is 18.2 Å². The number of nitrogens with zero attached hydrogens (tertiary/aromatic N) is 5. The first kappa shape index (κ1) is 33.7. The molecule has 0 fully saturated rings. The number of alkyl halides is 6. The molecule has 2 aromatic heterocycles. The van der Waals surface area contributed by atoms with Gasteiger partial charge in [0.1, 0.15) is 5.82 Å². The highest BCUT2D eigenvalue weighted by Gasteiger charge is 2.31. The number of halogens is 7. The molecule has 0 aliphatic carbocycles. The highest BCUT2D eigenvalue weighted by molar-refractivity contribution is 7.14. The summed E-state index contributed by atoms with van der Waals surface area (Å²) in [4.78, 5) is 10.6. The number of benzene rings is 4. The topological polar surface area (TPSA) is 65.8 Å². The van der Waals surface area contributed by atoms with Crippen LogP contribution in [0.4, 0.5) is 63.7 Å². The summed E-state index contributed by atoms with van der Waals surface area (Å²) in [6.07, 6.45) is -8.96. The second-order valence-electron chi connectivity index (χ2n) is 10.7. The molecule has 49 heavy (non-hydrogen) atoms. The minimum absolute atomic E-state index is 0.134. The van der Waals surface area contributed by atoms with E-state index in [9.17, 15) is 30.7 Å². The molecule has 0 aliphatic heterocycles. The zero-order valence-corrected chi connectivity index (χ0v) is 27.1. The summed E-state index contributed by atoms with van der Waals surface area (Å²) in [6.45, 7) is 1.89. The third-order valence-electron chi connectivity index (χ3n) is 7.29. The molecule has 4 aromatic carbocycles. The zero-order valence-electron chi connectivity index (χ0n) is 25.4. The smallest absolute Gasteiger partial charge is 0.332 e. The first-order valence-corrected chi connectivity index (χ1v) is 16.1. The van der Waals surface area contributed by atoms with Crippen molar-refractivity contribution in [2.45, 2.75) is 19.3 Å². The van der Waals surface area contributed by atoms with E-state index >= 15 is 0 Å². The fraction of sp³-hybridized carbons (Fsp3) is 0.118. The summed E-state index contributed by atoms with van der Waals surface area (Å²) in [6, 6.07) is 19.2. The maximum atomic E-state index is 14.9. The van der Waals surface area contributed by atoms with Crippen molar-refractivity contribution in [3.05, 3.63) is 118 Å². The Morgan fingerprint density at radius 1 is 0.694 bits per heavy atom. The van der Waals surface area contributed by atoms with E-state index in [2.05, 4.69) is 25.5 Å². The molecule has 0 unspecified atom stereocenters. The van der Waals surface area contributed by atoms with Crippen LogP contribution in [-0.2, 0) is 12.4 Å². The highest BCUT2D eigenvalue weighted by Crippen LogP contribution is 2.38. The summed E-state index contributed by atoms with van der Waals surface area (Å²) in [7, 11) is 1.64. The molecule has 0 aliphatic rings. The maximum absolute atomic E-state index is 14.9. The van der Waals surface area contributed by atoms with Gasteiger partial charge in [-0.2, -0.15) is 36.6 Å². The van der Waals surface area contributed by atoms with Crippen LogP contribution in [0.5, 0.6) is 0 Å². The molecule has 0 amide bonds. The van der Waals surface area contributed by atoms with E-state index in [0.717, 1.165) is 46.7 Å². The first-order valence-electron chi connectivity index (χ1n) is 14.3. The first-order chi connectivity index (χ1) is 23.2. The molecule has 0 radical (unpaired) electrons. The highest BCUT2D eigenvalue weighted by atomic mass is 32.1. The standard InChI is InChI=1S/C34H23F7N6S2/c1-19-9-10-23(15-26(19)29-18-49-32(44-29)47(2)25-8-4-6-21(14-25)34(39,40)41)45-46-24-11-12-28(35)27(16-24)30-17-48-31(43-30)42-22-7-3-5-20(13-22)33(36,37)38/h3-18H,1-2H3,(H,42,43). The van der Waals surface area contributed by atoms with Crippen molar-refractivity contribution < 1.29 is 30.7 Å². The summed E-state index contributed by atoms with van der Waals surface area (Å²) in [5.41, 5.74) is 2.42. The predicted octanol–water partition coefficient (Wildman–Crippen LogP) is 12.3. The van der Waals surface area contributed by atoms with E-state index in [0.29, 0.717) is 27.9 Å². The summed E-state index contributed by atoms with van der Waals surface area (Å²) in [5, 5.41) is 15.6. The van der Waals surface area contributed by atoms with Gasteiger partial charge >= 0.3 is 12.4 Å². The molecule has 15 heteroatoms. The SMILES string of the molecule is Cc1ccc(N=Nc2ccc(F)c(-c3csc(Nc4cccc(C(F)(F)F)c4)n3)c2)cc1-c1csc(N(C)c2cccc(C(F)(F)F)c2)n1. The van der Waals surface area contributed by atoms with E-state index < -0.39 is 29.3 Å². The van der Waals surface area contributed by atoms with Crippen LogP contribution in [0, 0.1) is 12.7 Å². The number of aryl methyl sites for hydroxylation is 1. The Morgan fingerprint density at radius 2 is 1.31 bits per heavy atom. The Labute approximate surface area is 283 Å². The average molecular weight is 713 g/mol. The average Bonchev–Trinajstić information content (AvgIpc) is 3.75. The van der Waals surface area contributed by atoms with Crippen molar-refractivity contribution in [3.8, 4) is 22.5 Å². The maximum Gasteiger partial charge on any atom is 0.416 e. The molecular weight excluding hydrogens is 690 g/mol. The van der Waals surface area contributed by atoms with Crippen LogP contribution in [-0.4, -0.2) is 17.0 Å². The zero-order chi connectivity index (χ0) is 34.9. The van der Waals surface area contributed by atoms with E-state index in [1.54, 1.807) is 40.9 Å². The molecule has 0 bridgehead atoms. The number of hydrogen-bond acceptors (Lipinski definition) is 8. The minimum Gasteiger partial charge on any atom is -0.332 e. The van der Waals surface area contributed by atoms with Crippen LogP contribution >= 0.6 is 22.7 Å². The van der Waals surface area contributed by atoms with Crippen LogP contribution in [0.3, 0.4) is 0 Å². The van der Waals surface area contributed by atoms with E-state index in [4.69, 9.17) is 0 Å². The second kappa shape index (κ2) is 13.4. The molecule has 6 nitrogen and oxygen atoms in total. The van der Waals surface area contributed by atoms with Gasteiger partial charge in [0.2, 0.25) is 0 Å². The van der Waals surface area contributed by atoms with E-state index in [-0.39, 0.29) is 22.1 Å². The molecular formula is C34H23F7N6S2. The molecule has 6 aromatic rings. The van der Waals surface area contributed by atoms with Crippen molar-refractivity contribution in [1.82, 2.24) is 9.97 Å². The summed E-state index contributed by atoms with van der Waals surface area (Å²) in [5.74, 6) is -0.568. The monoisotopic (exact) mass is 712 g/mol. The van der Waals surface area contributed by atoms with Gasteiger partial charge < -0.3 is 10.2 Å². The van der Waals surface area contributed by atoms with Crippen molar-refractivity contribution >= 4 is 55.7 Å². The molecule has 1 N–H and O–H groups in total. The molecule has 6 rings (SSSR count). The Bertz CT molecular complexity index is 2150. The van der Waals surface area contributed by atoms with Gasteiger partial charge in [-0.05, 0) is 79.2 Å². The van der Waals surface area contributed by atoms with Gasteiger partial charge in [-0.15, -0.1) is 22.7 Å². The van der Waals surface area contributed by atoms with Gasteiger partial charge in [-0.25, -0.2) is 14.4 Å². The fourth-order valence-electron chi connectivity index (χ4n) is 4.73. The number of thiazole rings is 2. The largest absolute Gasteiger partial charge is 0.416 e. The Kier molecular flexibility index (Phi) is 9.22. The predicted molar refractivity (Wildman–Crippen MR) is 178 cm³/mol. The van der Waals surface area contributed by atoms with Crippen molar-refractivity contribution in [3.63, 3.8) is 0 Å². The number of hydrogen-bond donors (Lipinski definition) is 1. The van der Waals surface area contributed by atoms with Gasteiger partial charge in [0, 0.05) is 40.3 Å². The van der Waals surface area contributed by atoms with Crippen molar-refractivity contribution in [2.24, 2.45) is 10.2 Å². The Balaban J connectivity index is 1.19. The van der Waals surface area contributed by atoms with Gasteiger partial charge in [0.15, 0.2) is 10.3 Å². The van der Waals surface area contributed by atoms with Crippen LogP contribution < -0.4 is 10.2 Å². The van der Waals surface area contributed by atoms with Gasteiger partial charge in [0.05, 0.1) is 33.9 Å². The minimum atomic E-state index is -4.50. The summed E-state index contributed by atoms with van der Waals surface area (Å²) >= 11 is 2.38. The molecule has 0 atom stereocenters. The lowest BCUT2D eigenvalue weighted by molar-refractivity contribution is -0.138. The second-order valence-corrected chi connectivity index (χ2v) is 12.4. The number of nitrogens with one attached hydrogen (secondary N) is 1. The van der Waals surface area contributed by atoms with Crippen LogP contribution in [0.2, 0.25) is 0 Å². The van der Waals surface area contributed by atoms with Gasteiger partial charge in [-0.3, -0.25) is 0 Å². The van der Waals surface area contributed by atoms with Crippen molar-refractivity contribution in [1.29, 1.82) is 0 Å².